The van der Waals surface area contributed by atoms with Crippen molar-refractivity contribution in [3.63, 3.8) is 0 Å². The minimum atomic E-state index is -0.237. The van der Waals surface area contributed by atoms with E-state index in [0.717, 1.165) is 10.6 Å². The summed E-state index contributed by atoms with van der Waals surface area (Å²) >= 11 is 1.47. The van der Waals surface area contributed by atoms with Crippen molar-refractivity contribution in [3.8, 4) is 11.5 Å². The molecule has 3 aromatic rings. The first kappa shape index (κ1) is 17.2. The molecule has 0 saturated heterocycles. The number of rotatable bonds is 4. The average molecular weight is 376 g/mol. The summed E-state index contributed by atoms with van der Waals surface area (Å²) in [5, 5.41) is 5.65. The molecule has 3 aromatic carbocycles. The van der Waals surface area contributed by atoms with E-state index in [9.17, 15) is 9.59 Å². The third-order valence-corrected chi connectivity index (χ3v) is 5.04. The standard InChI is InChI=1S/C21H16N2O3S/c24-20-13-27-19-11-6-14(12-18(19)23-20)21(25)22-15-7-9-17(10-8-15)26-16-4-2-1-3-5-16/h1-12H,13H2,(H,22,25)(H,23,24). The molecule has 0 aromatic heterocycles. The third kappa shape index (κ3) is 4.12. The first-order valence-electron chi connectivity index (χ1n) is 8.38. The summed E-state index contributed by atoms with van der Waals surface area (Å²) in [4.78, 5) is 25.0. The van der Waals surface area contributed by atoms with Gasteiger partial charge in [0.15, 0.2) is 0 Å². The Hall–Kier alpha value is -3.25. The highest BCUT2D eigenvalue weighted by Gasteiger charge is 2.17. The zero-order chi connectivity index (χ0) is 18.6. The van der Waals surface area contributed by atoms with E-state index in [1.807, 2.05) is 36.4 Å². The summed E-state index contributed by atoms with van der Waals surface area (Å²) in [6.45, 7) is 0. The quantitative estimate of drug-likeness (QED) is 0.688. The highest BCUT2D eigenvalue weighted by molar-refractivity contribution is 8.00. The number of anilines is 2. The first-order chi connectivity index (χ1) is 13.2. The van der Waals surface area contributed by atoms with E-state index in [2.05, 4.69) is 10.6 Å². The molecule has 6 heteroatoms. The minimum Gasteiger partial charge on any atom is -0.457 e. The van der Waals surface area contributed by atoms with Gasteiger partial charge in [0.25, 0.3) is 5.91 Å². The number of amides is 2. The number of nitrogens with one attached hydrogen (secondary N) is 2. The number of benzene rings is 3. The molecule has 0 fully saturated rings. The Labute approximate surface area is 160 Å². The van der Waals surface area contributed by atoms with Gasteiger partial charge in [-0.2, -0.15) is 0 Å². The Kier molecular flexibility index (Phi) is 4.80. The molecule has 0 saturated carbocycles. The Bertz CT molecular complexity index is 988. The van der Waals surface area contributed by atoms with Crippen molar-refractivity contribution in [2.24, 2.45) is 0 Å². The number of fused-ring (bicyclic) bond motifs is 1. The van der Waals surface area contributed by atoms with E-state index in [0.29, 0.717) is 28.4 Å². The van der Waals surface area contributed by atoms with Gasteiger partial charge in [0.05, 0.1) is 11.4 Å². The van der Waals surface area contributed by atoms with Crippen LogP contribution in [0.15, 0.2) is 77.7 Å². The molecule has 5 nitrogen and oxygen atoms in total. The molecule has 27 heavy (non-hydrogen) atoms. The molecule has 0 unspecified atom stereocenters. The number of carbonyl (C=O) groups excluding carboxylic acids is 2. The Balaban J connectivity index is 1.44. The minimum absolute atomic E-state index is 0.0564. The maximum Gasteiger partial charge on any atom is 0.255 e. The van der Waals surface area contributed by atoms with Crippen molar-refractivity contribution < 1.29 is 14.3 Å². The topological polar surface area (TPSA) is 67.4 Å². The van der Waals surface area contributed by atoms with Crippen LogP contribution in [0.1, 0.15) is 10.4 Å². The second-order valence-corrected chi connectivity index (χ2v) is 6.96. The third-order valence-electron chi connectivity index (χ3n) is 3.97. The fourth-order valence-corrected chi connectivity index (χ4v) is 3.45. The summed E-state index contributed by atoms with van der Waals surface area (Å²) in [6.07, 6.45) is 0. The second-order valence-electron chi connectivity index (χ2n) is 5.94. The summed E-state index contributed by atoms with van der Waals surface area (Å²) in [7, 11) is 0. The highest BCUT2D eigenvalue weighted by Crippen LogP contribution is 2.32. The van der Waals surface area contributed by atoms with E-state index in [1.54, 1.807) is 36.4 Å². The number of carbonyl (C=O) groups is 2. The summed E-state index contributed by atoms with van der Waals surface area (Å²) in [6, 6.07) is 22.0. The van der Waals surface area contributed by atoms with Crippen LogP contribution in [0.4, 0.5) is 11.4 Å². The number of thioether (sulfide) groups is 1. The van der Waals surface area contributed by atoms with Gasteiger partial charge < -0.3 is 15.4 Å². The van der Waals surface area contributed by atoms with Crippen molar-refractivity contribution >= 4 is 35.0 Å². The van der Waals surface area contributed by atoms with Gasteiger partial charge in [0.2, 0.25) is 5.91 Å². The summed E-state index contributed by atoms with van der Waals surface area (Å²) in [5.74, 6) is 1.55. The first-order valence-corrected chi connectivity index (χ1v) is 9.37. The number of hydrogen-bond donors (Lipinski definition) is 2. The molecule has 0 radical (unpaired) electrons. The fourth-order valence-electron chi connectivity index (χ4n) is 2.66. The molecule has 1 aliphatic rings. The van der Waals surface area contributed by atoms with Crippen LogP contribution in [0.3, 0.4) is 0 Å². The highest BCUT2D eigenvalue weighted by atomic mass is 32.2. The molecule has 4 rings (SSSR count). The SMILES string of the molecule is O=C1CSc2ccc(C(=O)Nc3ccc(Oc4ccccc4)cc3)cc2N1. The van der Waals surface area contributed by atoms with E-state index in [4.69, 9.17) is 4.74 Å². The lowest BCUT2D eigenvalue weighted by molar-refractivity contribution is -0.113. The molecular formula is C21H16N2O3S. The van der Waals surface area contributed by atoms with Crippen LogP contribution in [0, 0.1) is 0 Å². The van der Waals surface area contributed by atoms with Crippen LogP contribution >= 0.6 is 11.8 Å². The van der Waals surface area contributed by atoms with E-state index in [1.165, 1.54) is 11.8 Å². The van der Waals surface area contributed by atoms with Crippen molar-refractivity contribution in [2.45, 2.75) is 4.90 Å². The lowest BCUT2D eigenvalue weighted by atomic mass is 10.1. The van der Waals surface area contributed by atoms with Crippen LogP contribution in [-0.4, -0.2) is 17.6 Å². The van der Waals surface area contributed by atoms with Crippen LogP contribution in [0.2, 0.25) is 0 Å². The van der Waals surface area contributed by atoms with E-state index >= 15 is 0 Å². The predicted octanol–water partition coefficient (Wildman–Crippen LogP) is 4.78. The molecule has 0 bridgehead atoms. The van der Waals surface area contributed by atoms with Gasteiger partial charge in [-0.25, -0.2) is 0 Å². The fraction of sp³-hybridized carbons (Fsp3) is 0.0476. The van der Waals surface area contributed by atoms with Crippen LogP contribution in [-0.2, 0) is 4.79 Å². The van der Waals surface area contributed by atoms with Crippen molar-refractivity contribution in [2.75, 3.05) is 16.4 Å². The molecule has 0 atom stereocenters. The lowest BCUT2D eigenvalue weighted by Crippen LogP contribution is -2.19. The van der Waals surface area contributed by atoms with Crippen molar-refractivity contribution in [1.82, 2.24) is 0 Å². The average Bonchev–Trinajstić information content (AvgIpc) is 2.69. The Morgan fingerprint density at radius 3 is 2.48 bits per heavy atom. The second kappa shape index (κ2) is 7.55. The number of ether oxygens (including phenoxy) is 1. The van der Waals surface area contributed by atoms with Crippen molar-refractivity contribution in [3.05, 3.63) is 78.4 Å². The van der Waals surface area contributed by atoms with Gasteiger partial charge in [0.1, 0.15) is 11.5 Å². The maximum absolute atomic E-state index is 12.5. The number of para-hydroxylation sites is 1. The molecular weight excluding hydrogens is 360 g/mol. The molecule has 1 heterocycles. The molecule has 2 N–H and O–H groups in total. The van der Waals surface area contributed by atoms with Crippen molar-refractivity contribution in [1.29, 1.82) is 0 Å². The molecule has 0 spiro atoms. The van der Waals surface area contributed by atoms with Gasteiger partial charge in [-0.15, -0.1) is 11.8 Å². The smallest absolute Gasteiger partial charge is 0.255 e. The predicted molar refractivity (Wildman–Crippen MR) is 107 cm³/mol. The summed E-state index contributed by atoms with van der Waals surface area (Å²) < 4.78 is 5.74. The summed E-state index contributed by atoms with van der Waals surface area (Å²) in [5.41, 5.74) is 1.83. The van der Waals surface area contributed by atoms with Gasteiger partial charge in [0, 0.05) is 16.1 Å². The zero-order valence-corrected chi connectivity index (χ0v) is 15.1. The van der Waals surface area contributed by atoms with E-state index < -0.39 is 0 Å². The molecule has 1 aliphatic heterocycles. The Morgan fingerprint density at radius 2 is 1.70 bits per heavy atom. The van der Waals surface area contributed by atoms with E-state index in [-0.39, 0.29) is 11.8 Å². The maximum atomic E-state index is 12.5. The van der Waals surface area contributed by atoms with Gasteiger partial charge in [-0.1, -0.05) is 18.2 Å². The van der Waals surface area contributed by atoms with Crippen LogP contribution in [0.5, 0.6) is 11.5 Å². The molecule has 0 aliphatic carbocycles. The molecule has 134 valence electrons. The lowest BCUT2D eigenvalue weighted by Gasteiger charge is -2.17. The van der Waals surface area contributed by atoms with Gasteiger partial charge in [-0.05, 0) is 54.6 Å². The number of hydrogen-bond acceptors (Lipinski definition) is 4. The van der Waals surface area contributed by atoms with Crippen LogP contribution < -0.4 is 15.4 Å². The normalized spacial score (nSPS) is 12.7. The largest absolute Gasteiger partial charge is 0.457 e. The van der Waals surface area contributed by atoms with Gasteiger partial charge >= 0.3 is 0 Å². The van der Waals surface area contributed by atoms with Gasteiger partial charge in [-0.3, -0.25) is 9.59 Å². The monoisotopic (exact) mass is 376 g/mol. The molecule has 2 amide bonds. The Morgan fingerprint density at radius 1 is 0.963 bits per heavy atom. The zero-order valence-electron chi connectivity index (χ0n) is 14.3. The van der Waals surface area contributed by atoms with Crippen LogP contribution in [0.25, 0.3) is 0 Å².